The molecule has 1 aliphatic heterocycles. The van der Waals surface area contributed by atoms with Crippen LogP contribution in [0.2, 0.25) is 0 Å². The van der Waals surface area contributed by atoms with Gasteiger partial charge in [-0.25, -0.2) is 0 Å². The molecule has 2 aromatic rings. The SMILES string of the molecule is CCC1(C)CNCC(c2ccc3cc(OC)ccc3c2)O1. The van der Waals surface area contributed by atoms with Crippen molar-refractivity contribution in [3.8, 4) is 5.75 Å². The van der Waals surface area contributed by atoms with Crippen molar-refractivity contribution < 1.29 is 9.47 Å². The molecule has 1 N–H and O–H groups in total. The van der Waals surface area contributed by atoms with Crippen LogP contribution in [0.3, 0.4) is 0 Å². The summed E-state index contributed by atoms with van der Waals surface area (Å²) < 4.78 is 11.6. The third-order valence-electron chi connectivity index (χ3n) is 4.45. The van der Waals surface area contributed by atoms with E-state index in [2.05, 4.69) is 49.5 Å². The van der Waals surface area contributed by atoms with Crippen LogP contribution >= 0.6 is 0 Å². The van der Waals surface area contributed by atoms with Gasteiger partial charge in [0.15, 0.2) is 0 Å². The molecular formula is C18H23NO2. The van der Waals surface area contributed by atoms with Crippen molar-refractivity contribution in [2.75, 3.05) is 20.2 Å². The fourth-order valence-corrected chi connectivity index (χ4v) is 2.86. The van der Waals surface area contributed by atoms with E-state index in [9.17, 15) is 0 Å². The van der Waals surface area contributed by atoms with E-state index in [4.69, 9.17) is 9.47 Å². The Kier molecular flexibility index (Phi) is 3.87. The van der Waals surface area contributed by atoms with Crippen molar-refractivity contribution in [1.82, 2.24) is 5.32 Å². The molecule has 1 fully saturated rings. The van der Waals surface area contributed by atoms with Crippen LogP contribution in [0.1, 0.15) is 31.9 Å². The Morgan fingerprint density at radius 2 is 2.00 bits per heavy atom. The lowest BCUT2D eigenvalue weighted by molar-refractivity contribution is -0.109. The van der Waals surface area contributed by atoms with E-state index >= 15 is 0 Å². The molecule has 1 aliphatic rings. The second kappa shape index (κ2) is 5.66. The van der Waals surface area contributed by atoms with E-state index in [0.29, 0.717) is 0 Å². The molecule has 0 aliphatic carbocycles. The molecule has 2 atom stereocenters. The van der Waals surface area contributed by atoms with E-state index in [-0.39, 0.29) is 11.7 Å². The quantitative estimate of drug-likeness (QED) is 0.933. The zero-order chi connectivity index (χ0) is 14.9. The first kappa shape index (κ1) is 14.4. The fourth-order valence-electron chi connectivity index (χ4n) is 2.86. The zero-order valence-corrected chi connectivity index (χ0v) is 13.0. The molecule has 0 spiro atoms. The fraction of sp³-hybridized carbons (Fsp3) is 0.444. The second-order valence-electron chi connectivity index (χ2n) is 6.01. The molecule has 0 radical (unpaired) electrons. The van der Waals surface area contributed by atoms with E-state index in [1.807, 2.05) is 6.07 Å². The predicted molar refractivity (Wildman–Crippen MR) is 85.9 cm³/mol. The van der Waals surface area contributed by atoms with Gasteiger partial charge in [-0.05, 0) is 47.9 Å². The lowest BCUT2D eigenvalue weighted by atomic mass is 9.97. The van der Waals surface area contributed by atoms with Gasteiger partial charge in [-0.15, -0.1) is 0 Å². The van der Waals surface area contributed by atoms with Crippen LogP contribution in [-0.4, -0.2) is 25.8 Å². The maximum atomic E-state index is 6.32. The van der Waals surface area contributed by atoms with Gasteiger partial charge in [-0.3, -0.25) is 0 Å². The van der Waals surface area contributed by atoms with Gasteiger partial charge in [-0.2, -0.15) is 0 Å². The van der Waals surface area contributed by atoms with Crippen molar-refractivity contribution in [3.63, 3.8) is 0 Å². The average Bonchev–Trinajstić information content (AvgIpc) is 2.54. The van der Waals surface area contributed by atoms with Gasteiger partial charge < -0.3 is 14.8 Å². The molecule has 1 saturated heterocycles. The minimum absolute atomic E-state index is 0.0716. The number of morpholine rings is 1. The lowest BCUT2D eigenvalue weighted by Gasteiger charge is -2.39. The molecule has 21 heavy (non-hydrogen) atoms. The second-order valence-corrected chi connectivity index (χ2v) is 6.01. The average molecular weight is 285 g/mol. The van der Waals surface area contributed by atoms with Crippen molar-refractivity contribution in [1.29, 1.82) is 0 Å². The number of hydrogen-bond donors (Lipinski definition) is 1. The first-order valence-electron chi connectivity index (χ1n) is 7.60. The van der Waals surface area contributed by atoms with Crippen LogP contribution in [0.5, 0.6) is 5.75 Å². The Morgan fingerprint density at radius 3 is 2.76 bits per heavy atom. The molecule has 3 nitrogen and oxygen atoms in total. The van der Waals surface area contributed by atoms with Gasteiger partial charge in [0.2, 0.25) is 0 Å². The van der Waals surface area contributed by atoms with Gasteiger partial charge in [0, 0.05) is 13.1 Å². The summed E-state index contributed by atoms with van der Waals surface area (Å²) in [5.74, 6) is 0.893. The minimum Gasteiger partial charge on any atom is -0.497 e. The monoisotopic (exact) mass is 285 g/mol. The van der Waals surface area contributed by atoms with Crippen molar-refractivity contribution >= 4 is 10.8 Å². The van der Waals surface area contributed by atoms with Crippen LogP contribution in [0.25, 0.3) is 10.8 Å². The number of fused-ring (bicyclic) bond motifs is 1. The van der Waals surface area contributed by atoms with E-state index < -0.39 is 0 Å². The molecular weight excluding hydrogens is 262 g/mol. The highest BCUT2D eigenvalue weighted by atomic mass is 16.5. The Labute approximate surface area is 126 Å². The first-order valence-corrected chi connectivity index (χ1v) is 7.60. The summed E-state index contributed by atoms with van der Waals surface area (Å²) in [4.78, 5) is 0. The van der Waals surface area contributed by atoms with Gasteiger partial charge in [0.05, 0.1) is 18.8 Å². The summed E-state index contributed by atoms with van der Waals surface area (Å²) in [5.41, 5.74) is 1.16. The molecule has 2 aromatic carbocycles. The summed E-state index contributed by atoms with van der Waals surface area (Å²) in [7, 11) is 1.70. The zero-order valence-electron chi connectivity index (χ0n) is 13.0. The maximum Gasteiger partial charge on any atom is 0.119 e. The van der Waals surface area contributed by atoms with Crippen molar-refractivity contribution in [3.05, 3.63) is 42.0 Å². The maximum absolute atomic E-state index is 6.32. The Hall–Kier alpha value is -1.58. The normalized spacial score (nSPS) is 26.0. The minimum atomic E-state index is -0.0716. The van der Waals surface area contributed by atoms with Gasteiger partial charge >= 0.3 is 0 Å². The van der Waals surface area contributed by atoms with Crippen LogP contribution in [0, 0.1) is 0 Å². The number of rotatable bonds is 3. The topological polar surface area (TPSA) is 30.5 Å². The van der Waals surface area contributed by atoms with E-state index in [1.165, 1.54) is 16.3 Å². The van der Waals surface area contributed by atoms with E-state index in [0.717, 1.165) is 25.3 Å². The van der Waals surface area contributed by atoms with Crippen molar-refractivity contribution in [2.24, 2.45) is 0 Å². The largest absolute Gasteiger partial charge is 0.497 e. The standard InChI is InChI=1S/C18H23NO2/c1-4-18(2)12-19-11-17(21-18)15-6-5-14-10-16(20-3)8-7-13(14)9-15/h5-10,17,19H,4,11-12H2,1-3H3. The third-order valence-corrected chi connectivity index (χ3v) is 4.45. The molecule has 1 heterocycles. The van der Waals surface area contributed by atoms with Crippen LogP contribution in [-0.2, 0) is 4.74 Å². The highest BCUT2D eigenvalue weighted by Gasteiger charge is 2.31. The first-order chi connectivity index (χ1) is 10.1. The predicted octanol–water partition coefficient (Wildman–Crippen LogP) is 3.68. The molecule has 0 bridgehead atoms. The molecule has 0 aromatic heterocycles. The third kappa shape index (κ3) is 2.89. The summed E-state index contributed by atoms with van der Waals surface area (Å²) in [6.07, 6.45) is 1.14. The number of methoxy groups -OCH3 is 1. The molecule has 0 amide bonds. The van der Waals surface area contributed by atoms with Gasteiger partial charge in [-0.1, -0.05) is 25.1 Å². The van der Waals surface area contributed by atoms with Crippen LogP contribution < -0.4 is 10.1 Å². The Balaban J connectivity index is 1.90. The molecule has 112 valence electrons. The molecule has 3 rings (SSSR count). The summed E-state index contributed by atoms with van der Waals surface area (Å²) in [6, 6.07) is 12.7. The van der Waals surface area contributed by atoms with Crippen LogP contribution in [0.15, 0.2) is 36.4 Å². The number of benzene rings is 2. The Bertz CT molecular complexity index is 640. The summed E-state index contributed by atoms with van der Waals surface area (Å²) >= 11 is 0. The van der Waals surface area contributed by atoms with Gasteiger partial charge in [0.1, 0.15) is 5.75 Å². The molecule has 0 saturated carbocycles. The molecule has 2 unspecified atom stereocenters. The Morgan fingerprint density at radius 1 is 1.24 bits per heavy atom. The van der Waals surface area contributed by atoms with Gasteiger partial charge in [0.25, 0.3) is 0 Å². The number of ether oxygens (including phenoxy) is 2. The number of hydrogen-bond acceptors (Lipinski definition) is 3. The van der Waals surface area contributed by atoms with E-state index in [1.54, 1.807) is 7.11 Å². The lowest BCUT2D eigenvalue weighted by Crippen LogP contribution is -2.48. The van der Waals surface area contributed by atoms with Crippen molar-refractivity contribution in [2.45, 2.75) is 32.0 Å². The highest BCUT2D eigenvalue weighted by molar-refractivity contribution is 5.84. The highest BCUT2D eigenvalue weighted by Crippen LogP contribution is 2.31. The smallest absolute Gasteiger partial charge is 0.119 e. The summed E-state index contributed by atoms with van der Waals surface area (Å²) in [6.45, 7) is 6.15. The summed E-state index contributed by atoms with van der Waals surface area (Å²) in [5, 5.41) is 5.91. The number of nitrogens with one attached hydrogen (secondary N) is 1. The molecule has 3 heteroatoms. The van der Waals surface area contributed by atoms with Crippen LogP contribution in [0.4, 0.5) is 0 Å².